The second kappa shape index (κ2) is 6.42. The molecule has 0 aromatic rings. The van der Waals surface area contributed by atoms with Crippen molar-refractivity contribution < 1.29 is 17.9 Å². The quantitative estimate of drug-likeness (QED) is 0.687. The Balaban J connectivity index is 3.63. The highest BCUT2D eigenvalue weighted by molar-refractivity contribution is 4.72. The van der Waals surface area contributed by atoms with E-state index in [9.17, 15) is 13.2 Å². The van der Waals surface area contributed by atoms with Crippen molar-refractivity contribution in [1.29, 1.82) is 0 Å². The number of likely N-dealkylation sites (N-methyl/N-ethyl adjacent to an activating group) is 1. The van der Waals surface area contributed by atoms with Crippen LogP contribution in [0.5, 0.6) is 0 Å². The van der Waals surface area contributed by atoms with Gasteiger partial charge < -0.3 is 15.4 Å². The van der Waals surface area contributed by atoms with Crippen molar-refractivity contribution in [2.75, 3.05) is 39.9 Å². The molecule has 0 fully saturated rings. The van der Waals surface area contributed by atoms with Gasteiger partial charge in [-0.3, -0.25) is 0 Å². The van der Waals surface area contributed by atoms with E-state index >= 15 is 0 Å². The molecule has 0 heterocycles. The fourth-order valence-electron chi connectivity index (χ4n) is 1.28. The van der Waals surface area contributed by atoms with Crippen LogP contribution in [0.4, 0.5) is 13.2 Å². The first-order valence-corrected chi connectivity index (χ1v) is 5.19. The van der Waals surface area contributed by atoms with E-state index in [0.717, 1.165) is 6.54 Å². The SMILES string of the molecule is CN(CCOCC(F)(F)F)CC(C)(C)CN. The average Bonchev–Trinajstić information content (AvgIpc) is 2.10. The van der Waals surface area contributed by atoms with E-state index in [0.29, 0.717) is 13.1 Å². The van der Waals surface area contributed by atoms with Crippen molar-refractivity contribution >= 4 is 0 Å². The van der Waals surface area contributed by atoms with Crippen molar-refractivity contribution in [1.82, 2.24) is 4.90 Å². The van der Waals surface area contributed by atoms with Gasteiger partial charge in [0.25, 0.3) is 0 Å². The molecular formula is C10H21F3N2O. The van der Waals surface area contributed by atoms with Gasteiger partial charge in [-0.15, -0.1) is 0 Å². The van der Waals surface area contributed by atoms with E-state index in [1.165, 1.54) is 0 Å². The largest absolute Gasteiger partial charge is 0.411 e. The molecule has 0 bridgehead atoms. The summed E-state index contributed by atoms with van der Waals surface area (Å²) in [7, 11) is 1.84. The number of hydrogen-bond acceptors (Lipinski definition) is 3. The Hall–Kier alpha value is -0.330. The van der Waals surface area contributed by atoms with Crippen LogP contribution in [0.15, 0.2) is 0 Å². The number of nitrogens with zero attached hydrogens (tertiary/aromatic N) is 1. The summed E-state index contributed by atoms with van der Waals surface area (Å²) >= 11 is 0. The van der Waals surface area contributed by atoms with Crippen molar-refractivity contribution in [3.05, 3.63) is 0 Å². The minimum atomic E-state index is -4.24. The highest BCUT2D eigenvalue weighted by Gasteiger charge is 2.27. The van der Waals surface area contributed by atoms with Gasteiger partial charge in [-0.1, -0.05) is 13.8 Å². The lowest BCUT2D eigenvalue weighted by Crippen LogP contribution is -2.38. The molecule has 0 aliphatic carbocycles. The molecule has 2 N–H and O–H groups in total. The first-order valence-electron chi connectivity index (χ1n) is 5.19. The number of hydrogen-bond donors (Lipinski definition) is 1. The van der Waals surface area contributed by atoms with Crippen LogP contribution in [0, 0.1) is 5.41 Å². The van der Waals surface area contributed by atoms with Gasteiger partial charge in [0.15, 0.2) is 0 Å². The zero-order valence-corrected chi connectivity index (χ0v) is 10.1. The van der Waals surface area contributed by atoms with Gasteiger partial charge in [0, 0.05) is 13.1 Å². The van der Waals surface area contributed by atoms with Gasteiger partial charge in [-0.25, -0.2) is 0 Å². The minimum Gasteiger partial charge on any atom is -0.371 e. The molecule has 0 aromatic carbocycles. The van der Waals surface area contributed by atoms with Crippen LogP contribution in [-0.2, 0) is 4.74 Å². The second-order valence-electron chi connectivity index (χ2n) is 4.77. The summed E-state index contributed by atoms with van der Waals surface area (Å²) < 4.78 is 39.8. The van der Waals surface area contributed by atoms with Crippen LogP contribution in [0.25, 0.3) is 0 Å². The van der Waals surface area contributed by atoms with E-state index in [4.69, 9.17) is 5.73 Å². The topological polar surface area (TPSA) is 38.5 Å². The molecule has 0 atom stereocenters. The van der Waals surface area contributed by atoms with Crippen LogP contribution < -0.4 is 5.73 Å². The number of ether oxygens (including phenoxy) is 1. The second-order valence-corrected chi connectivity index (χ2v) is 4.77. The van der Waals surface area contributed by atoms with E-state index in [1.54, 1.807) is 0 Å². The lowest BCUT2D eigenvalue weighted by Gasteiger charge is -2.28. The molecular weight excluding hydrogens is 221 g/mol. The molecule has 6 heteroatoms. The number of alkyl halides is 3. The maximum absolute atomic E-state index is 11.8. The molecule has 0 aromatic heterocycles. The summed E-state index contributed by atoms with van der Waals surface area (Å²) in [5.74, 6) is 0. The molecule has 98 valence electrons. The first-order chi connectivity index (χ1) is 7.16. The molecule has 0 saturated carbocycles. The number of halogens is 3. The van der Waals surface area contributed by atoms with Crippen LogP contribution in [-0.4, -0.2) is 51.0 Å². The molecule has 0 amide bonds. The lowest BCUT2D eigenvalue weighted by molar-refractivity contribution is -0.174. The summed E-state index contributed by atoms with van der Waals surface area (Å²) in [5, 5.41) is 0. The van der Waals surface area contributed by atoms with Gasteiger partial charge in [0.1, 0.15) is 6.61 Å². The Kier molecular flexibility index (Phi) is 6.28. The van der Waals surface area contributed by atoms with Crippen LogP contribution >= 0.6 is 0 Å². The average molecular weight is 242 g/mol. The summed E-state index contributed by atoms with van der Waals surface area (Å²) in [5.41, 5.74) is 5.53. The van der Waals surface area contributed by atoms with E-state index < -0.39 is 12.8 Å². The Morgan fingerprint density at radius 3 is 2.25 bits per heavy atom. The zero-order valence-electron chi connectivity index (χ0n) is 10.1. The third kappa shape index (κ3) is 8.94. The molecule has 16 heavy (non-hydrogen) atoms. The summed E-state index contributed by atoms with van der Waals surface area (Å²) in [6.45, 7) is 4.68. The van der Waals surface area contributed by atoms with Gasteiger partial charge in [0.2, 0.25) is 0 Å². The first kappa shape index (κ1) is 15.7. The summed E-state index contributed by atoms with van der Waals surface area (Å²) in [4.78, 5) is 1.92. The van der Waals surface area contributed by atoms with Crippen LogP contribution in [0.2, 0.25) is 0 Å². The van der Waals surface area contributed by atoms with Gasteiger partial charge in [0.05, 0.1) is 6.61 Å². The number of nitrogens with two attached hydrogens (primary N) is 1. The maximum Gasteiger partial charge on any atom is 0.411 e. The molecule has 0 unspecified atom stereocenters. The highest BCUT2D eigenvalue weighted by Crippen LogP contribution is 2.15. The lowest BCUT2D eigenvalue weighted by atomic mass is 9.93. The molecule has 0 aliphatic rings. The zero-order chi connectivity index (χ0) is 12.8. The Bertz CT molecular complexity index is 195. The smallest absolute Gasteiger partial charge is 0.371 e. The summed E-state index contributed by atoms with van der Waals surface area (Å²) in [6.07, 6.45) is -4.24. The van der Waals surface area contributed by atoms with Crippen LogP contribution in [0.1, 0.15) is 13.8 Å². The predicted octanol–water partition coefficient (Wildman–Crippen LogP) is 1.48. The Morgan fingerprint density at radius 2 is 1.81 bits per heavy atom. The molecule has 0 radical (unpaired) electrons. The fraction of sp³-hybridized carbons (Fsp3) is 1.00. The highest BCUT2D eigenvalue weighted by atomic mass is 19.4. The molecule has 0 spiro atoms. The standard InChI is InChI=1S/C10H21F3N2O/c1-9(2,6-14)7-15(3)4-5-16-8-10(11,12)13/h4-8,14H2,1-3H3. The van der Waals surface area contributed by atoms with Gasteiger partial charge >= 0.3 is 6.18 Å². The van der Waals surface area contributed by atoms with Crippen molar-refractivity contribution in [3.8, 4) is 0 Å². The molecule has 0 rings (SSSR count). The molecule has 0 aliphatic heterocycles. The monoisotopic (exact) mass is 242 g/mol. The number of rotatable bonds is 7. The third-order valence-electron chi connectivity index (χ3n) is 2.13. The normalized spacial score (nSPS) is 13.5. The molecule has 0 saturated heterocycles. The Morgan fingerprint density at radius 1 is 1.25 bits per heavy atom. The molecule has 3 nitrogen and oxygen atoms in total. The minimum absolute atomic E-state index is 0.0290. The third-order valence-corrected chi connectivity index (χ3v) is 2.13. The maximum atomic E-state index is 11.8. The van der Waals surface area contributed by atoms with E-state index in [-0.39, 0.29) is 12.0 Å². The van der Waals surface area contributed by atoms with Crippen molar-refractivity contribution in [2.24, 2.45) is 11.1 Å². The summed E-state index contributed by atoms with van der Waals surface area (Å²) in [6, 6.07) is 0. The van der Waals surface area contributed by atoms with Crippen LogP contribution in [0.3, 0.4) is 0 Å². The van der Waals surface area contributed by atoms with Crippen molar-refractivity contribution in [2.45, 2.75) is 20.0 Å². The van der Waals surface area contributed by atoms with E-state index in [1.807, 2.05) is 25.8 Å². The van der Waals surface area contributed by atoms with Crippen molar-refractivity contribution in [3.63, 3.8) is 0 Å². The van der Waals surface area contributed by atoms with E-state index in [2.05, 4.69) is 4.74 Å². The van der Waals surface area contributed by atoms with Gasteiger partial charge in [-0.2, -0.15) is 13.2 Å². The predicted molar refractivity (Wildman–Crippen MR) is 57.2 cm³/mol. The Labute approximate surface area is 94.7 Å². The fourth-order valence-corrected chi connectivity index (χ4v) is 1.28. The van der Waals surface area contributed by atoms with Gasteiger partial charge in [-0.05, 0) is 19.0 Å².